The van der Waals surface area contributed by atoms with Gasteiger partial charge in [-0.1, -0.05) is 6.92 Å². The van der Waals surface area contributed by atoms with Gasteiger partial charge in [0, 0.05) is 24.0 Å². The van der Waals surface area contributed by atoms with E-state index in [1.807, 2.05) is 13.0 Å². The highest BCUT2D eigenvalue weighted by Gasteiger charge is 2.04. The molecule has 0 aliphatic heterocycles. The summed E-state index contributed by atoms with van der Waals surface area (Å²) < 4.78 is 13.9. The molecular weight excluding hydrogens is 323 g/mol. The van der Waals surface area contributed by atoms with Gasteiger partial charge in [0.1, 0.15) is 11.6 Å². The van der Waals surface area contributed by atoms with E-state index in [9.17, 15) is 4.39 Å². The van der Waals surface area contributed by atoms with Crippen LogP contribution in [0, 0.1) is 12.7 Å². The summed E-state index contributed by atoms with van der Waals surface area (Å²) in [5.74, 6) is 0.898. The van der Waals surface area contributed by atoms with Crippen molar-refractivity contribution < 1.29 is 4.39 Å². The zero-order valence-corrected chi connectivity index (χ0v) is 13.0. The first-order chi connectivity index (χ1) is 9.58. The van der Waals surface area contributed by atoms with Crippen LogP contribution in [-0.2, 0) is 0 Å². The summed E-state index contributed by atoms with van der Waals surface area (Å²) in [6.45, 7) is 4.79. The maximum absolute atomic E-state index is 13.5. The van der Waals surface area contributed by atoms with E-state index in [4.69, 9.17) is 0 Å². The second-order valence-corrected chi connectivity index (χ2v) is 5.25. The molecule has 1 aromatic carbocycles. The van der Waals surface area contributed by atoms with Gasteiger partial charge in [-0.3, -0.25) is 0 Å². The number of aryl methyl sites for hydroxylation is 1. The van der Waals surface area contributed by atoms with Crippen LogP contribution in [-0.4, -0.2) is 16.5 Å². The van der Waals surface area contributed by atoms with E-state index in [1.165, 1.54) is 6.07 Å². The van der Waals surface area contributed by atoms with Gasteiger partial charge in [-0.05, 0) is 47.5 Å². The van der Waals surface area contributed by atoms with E-state index >= 15 is 0 Å². The molecule has 4 nitrogen and oxygen atoms in total. The number of rotatable bonds is 5. The van der Waals surface area contributed by atoms with E-state index in [-0.39, 0.29) is 5.82 Å². The molecule has 1 aromatic heterocycles. The second-order valence-electron chi connectivity index (χ2n) is 4.40. The molecule has 2 rings (SSSR count). The van der Waals surface area contributed by atoms with E-state index in [0.29, 0.717) is 21.9 Å². The van der Waals surface area contributed by atoms with Gasteiger partial charge >= 0.3 is 0 Å². The first kappa shape index (κ1) is 14.7. The van der Waals surface area contributed by atoms with E-state index in [1.54, 1.807) is 12.1 Å². The van der Waals surface area contributed by atoms with Gasteiger partial charge in [0.15, 0.2) is 0 Å². The summed E-state index contributed by atoms with van der Waals surface area (Å²) in [6, 6.07) is 6.67. The fraction of sp³-hybridized carbons (Fsp3) is 0.286. The summed E-state index contributed by atoms with van der Waals surface area (Å²) in [7, 11) is 0. The van der Waals surface area contributed by atoms with Gasteiger partial charge in [-0.2, -0.15) is 4.98 Å². The zero-order chi connectivity index (χ0) is 14.5. The Kier molecular flexibility index (Phi) is 4.89. The molecule has 0 saturated heterocycles. The first-order valence-electron chi connectivity index (χ1n) is 6.40. The van der Waals surface area contributed by atoms with Crippen LogP contribution < -0.4 is 10.6 Å². The van der Waals surface area contributed by atoms with Gasteiger partial charge < -0.3 is 10.6 Å². The average Bonchev–Trinajstić information content (AvgIpc) is 2.40. The summed E-state index contributed by atoms with van der Waals surface area (Å²) in [6.07, 6.45) is 0.998. The van der Waals surface area contributed by atoms with Crippen LogP contribution in [0.1, 0.15) is 19.0 Å². The second kappa shape index (κ2) is 6.65. The third-order valence-corrected chi connectivity index (χ3v) is 3.22. The summed E-state index contributed by atoms with van der Waals surface area (Å²) in [5.41, 5.74) is 1.49. The van der Waals surface area contributed by atoms with Crippen molar-refractivity contribution in [2.45, 2.75) is 20.3 Å². The number of benzene rings is 1. The number of aromatic nitrogens is 2. The lowest BCUT2D eigenvalue weighted by Crippen LogP contribution is -2.06. The molecule has 0 radical (unpaired) electrons. The SMILES string of the molecule is CCCNc1nc(C)cc(Nc2ccc(Br)c(F)c2)n1. The van der Waals surface area contributed by atoms with Crippen LogP contribution in [0.5, 0.6) is 0 Å². The van der Waals surface area contributed by atoms with Crippen molar-refractivity contribution in [1.82, 2.24) is 9.97 Å². The van der Waals surface area contributed by atoms with Gasteiger partial charge in [-0.15, -0.1) is 0 Å². The molecular formula is C14H16BrFN4. The van der Waals surface area contributed by atoms with Gasteiger partial charge in [0.2, 0.25) is 5.95 Å². The number of anilines is 3. The number of halogens is 2. The Balaban J connectivity index is 2.19. The molecule has 1 heterocycles. The van der Waals surface area contributed by atoms with Crippen molar-refractivity contribution in [1.29, 1.82) is 0 Å². The predicted molar refractivity (Wildman–Crippen MR) is 82.9 cm³/mol. The maximum Gasteiger partial charge on any atom is 0.224 e. The average molecular weight is 339 g/mol. The predicted octanol–water partition coefficient (Wildman–Crippen LogP) is 4.25. The van der Waals surface area contributed by atoms with E-state index < -0.39 is 0 Å². The van der Waals surface area contributed by atoms with Crippen molar-refractivity contribution in [2.24, 2.45) is 0 Å². The molecule has 0 fully saturated rings. The summed E-state index contributed by atoms with van der Waals surface area (Å²) in [5, 5.41) is 6.22. The molecule has 2 N–H and O–H groups in total. The molecule has 0 aliphatic carbocycles. The molecule has 0 amide bonds. The fourth-order valence-electron chi connectivity index (χ4n) is 1.67. The monoisotopic (exact) mass is 338 g/mol. The summed E-state index contributed by atoms with van der Waals surface area (Å²) in [4.78, 5) is 8.65. The Morgan fingerprint density at radius 2 is 2.05 bits per heavy atom. The molecule has 0 bridgehead atoms. The number of hydrogen-bond donors (Lipinski definition) is 2. The van der Waals surface area contributed by atoms with E-state index in [0.717, 1.165) is 18.7 Å². The number of nitrogens with one attached hydrogen (secondary N) is 2. The molecule has 6 heteroatoms. The van der Waals surface area contributed by atoms with E-state index in [2.05, 4.69) is 43.5 Å². The van der Waals surface area contributed by atoms with Crippen molar-refractivity contribution in [2.75, 3.05) is 17.2 Å². The zero-order valence-electron chi connectivity index (χ0n) is 11.4. The third-order valence-electron chi connectivity index (χ3n) is 2.58. The normalized spacial score (nSPS) is 10.4. The largest absolute Gasteiger partial charge is 0.354 e. The Hall–Kier alpha value is -1.69. The molecule has 0 aliphatic rings. The first-order valence-corrected chi connectivity index (χ1v) is 7.19. The maximum atomic E-state index is 13.5. The highest BCUT2D eigenvalue weighted by Crippen LogP contribution is 2.22. The van der Waals surface area contributed by atoms with Gasteiger partial charge in [0.25, 0.3) is 0 Å². The fourth-order valence-corrected chi connectivity index (χ4v) is 1.92. The smallest absolute Gasteiger partial charge is 0.224 e. The van der Waals surface area contributed by atoms with Gasteiger partial charge in [-0.25, -0.2) is 9.37 Å². The molecule has 0 unspecified atom stereocenters. The molecule has 20 heavy (non-hydrogen) atoms. The minimum absolute atomic E-state index is 0.315. The molecule has 2 aromatic rings. The third kappa shape index (κ3) is 3.90. The highest BCUT2D eigenvalue weighted by atomic mass is 79.9. The lowest BCUT2D eigenvalue weighted by Gasteiger charge is -2.10. The molecule has 0 spiro atoms. The van der Waals surface area contributed by atoms with Gasteiger partial charge in [0.05, 0.1) is 4.47 Å². The lowest BCUT2D eigenvalue weighted by atomic mass is 10.3. The number of nitrogens with zero attached hydrogens (tertiary/aromatic N) is 2. The van der Waals surface area contributed by atoms with Crippen LogP contribution in [0.25, 0.3) is 0 Å². The molecule has 106 valence electrons. The number of hydrogen-bond acceptors (Lipinski definition) is 4. The van der Waals surface area contributed by atoms with Crippen LogP contribution in [0.3, 0.4) is 0 Å². The lowest BCUT2D eigenvalue weighted by molar-refractivity contribution is 0.622. The van der Waals surface area contributed by atoms with Crippen LogP contribution >= 0.6 is 15.9 Å². The Morgan fingerprint density at radius 3 is 2.75 bits per heavy atom. The Morgan fingerprint density at radius 1 is 1.25 bits per heavy atom. The Labute approximate surface area is 126 Å². The molecule has 0 saturated carbocycles. The van der Waals surface area contributed by atoms with Crippen molar-refractivity contribution in [3.63, 3.8) is 0 Å². The quantitative estimate of drug-likeness (QED) is 0.855. The molecule has 0 atom stereocenters. The Bertz CT molecular complexity index is 604. The van der Waals surface area contributed by atoms with Crippen LogP contribution in [0.15, 0.2) is 28.7 Å². The minimum atomic E-state index is -0.315. The highest BCUT2D eigenvalue weighted by molar-refractivity contribution is 9.10. The van der Waals surface area contributed by atoms with Crippen LogP contribution in [0.4, 0.5) is 21.8 Å². The topological polar surface area (TPSA) is 49.8 Å². The summed E-state index contributed by atoms with van der Waals surface area (Å²) >= 11 is 3.13. The van der Waals surface area contributed by atoms with Crippen molar-refractivity contribution >= 4 is 33.4 Å². The minimum Gasteiger partial charge on any atom is -0.354 e. The van der Waals surface area contributed by atoms with Crippen molar-refractivity contribution in [3.8, 4) is 0 Å². The van der Waals surface area contributed by atoms with Crippen molar-refractivity contribution in [3.05, 3.63) is 40.2 Å². The van der Waals surface area contributed by atoms with Crippen LogP contribution in [0.2, 0.25) is 0 Å². The standard InChI is InChI=1S/C14H16BrFN4/c1-3-6-17-14-18-9(2)7-13(20-14)19-10-4-5-11(15)12(16)8-10/h4-5,7-8H,3,6H2,1-2H3,(H2,17,18,19,20).